The van der Waals surface area contributed by atoms with Crippen LogP contribution in [0.2, 0.25) is 0 Å². The lowest BCUT2D eigenvalue weighted by atomic mass is 10.2. The number of rotatable bonds is 6. The van der Waals surface area contributed by atoms with Gasteiger partial charge in [-0.2, -0.15) is 0 Å². The van der Waals surface area contributed by atoms with Crippen molar-refractivity contribution in [2.45, 2.75) is 32.0 Å². The molecule has 128 valence electrons. The van der Waals surface area contributed by atoms with Crippen LogP contribution in [0.25, 0.3) is 0 Å². The first-order valence-electron chi connectivity index (χ1n) is 8.29. The molecule has 0 aliphatic heterocycles. The van der Waals surface area contributed by atoms with Crippen LogP contribution in [0.3, 0.4) is 0 Å². The molecule has 1 aliphatic rings. The summed E-state index contributed by atoms with van der Waals surface area (Å²) in [6.45, 7) is 1.11. The molecule has 2 heterocycles. The number of nitrogens with zero attached hydrogens (tertiary/aromatic N) is 3. The number of hydrogen-bond donors (Lipinski definition) is 0. The predicted molar refractivity (Wildman–Crippen MR) is 94.9 cm³/mol. The summed E-state index contributed by atoms with van der Waals surface area (Å²) >= 11 is 1.47. The molecule has 3 aromatic rings. The summed E-state index contributed by atoms with van der Waals surface area (Å²) in [4.78, 5) is 19.9. The summed E-state index contributed by atoms with van der Waals surface area (Å²) in [7, 11) is 0. The summed E-state index contributed by atoms with van der Waals surface area (Å²) in [6.07, 6.45) is 5.75. The summed E-state index contributed by atoms with van der Waals surface area (Å²) in [5, 5.41) is 1.92. The minimum atomic E-state index is -0.240. The van der Waals surface area contributed by atoms with E-state index in [9.17, 15) is 9.18 Å². The van der Waals surface area contributed by atoms with Gasteiger partial charge in [0.05, 0.1) is 11.4 Å². The molecule has 1 saturated carbocycles. The van der Waals surface area contributed by atoms with Crippen LogP contribution in [0.5, 0.6) is 0 Å². The topological polar surface area (TPSA) is 38.1 Å². The Morgan fingerprint density at radius 2 is 2.08 bits per heavy atom. The normalized spacial score (nSPS) is 13.8. The Bertz CT molecular complexity index is 853. The molecule has 1 fully saturated rings. The molecule has 2 aromatic heterocycles. The van der Waals surface area contributed by atoms with Crippen LogP contribution in [0.4, 0.5) is 4.39 Å². The van der Waals surface area contributed by atoms with E-state index in [0.717, 1.165) is 29.1 Å². The molecule has 0 unspecified atom stereocenters. The highest BCUT2D eigenvalue weighted by Gasteiger charge is 2.34. The van der Waals surface area contributed by atoms with Gasteiger partial charge in [-0.15, -0.1) is 11.3 Å². The monoisotopic (exact) mass is 355 g/mol. The van der Waals surface area contributed by atoms with Crippen molar-refractivity contribution in [3.63, 3.8) is 0 Å². The Morgan fingerprint density at radius 1 is 1.28 bits per heavy atom. The number of thiophene rings is 1. The van der Waals surface area contributed by atoms with Gasteiger partial charge >= 0.3 is 0 Å². The smallest absolute Gasteiger partial charge is 0.264 e. The molecule has 0 N–H and O–H groups in total. The van der Waals surface area contributed by atoms with Crippen molar-refractivity contribution in [2.24, 2.45) is 0 Å². The summed E-state index contributed by atoms with van der Waals surface area (Å²) in [6, 6.07) is 10.5. The van der Waals surface area contributed by atoms with Crippen LogP contribution in [0.1, 0.15) is 33.9 Å². The quantitative estimate of drug-likeness (QED) is 0.672. The van der Waals surface area contributed by atoms with Gasteiger partial charge in [-0.3, -0.25) is 4.79 Å². The third kappa shape index (κ3) is 3.64. The van der Waals surface area contributed by atoms with Gasteiger partial charge in [0.1, 0.15) is 11.6 Å². The standard InChI is InChI=1S/C19H18FN3OS/c20-15-5-3-14(4-6-15)12-22-10-9-21-18(22)13-23(16-7-8-16)19(24)17-2-1-11-25-17/h1-6,9-11,16H,7-8,12-13H2. The Labute approximate surface area is 149 Å². The molecule has 1 amide bonds. The Morgan fingerprint density at radius 3 is 2.76 bits per heavy atom. The van der Waals surface area contributed by atoms with E-state index in [1.807, 2.05) is 33.2 Å². The zero-order valence-corrected chi connectivity index (χ0v) is 14.5. The van der Waals surface area contributed by atoms with Gasteiger partial charge in [0, 0.05) is 25.0 Å². The maximum Gasteiger partial charge on any atom is 0.264 e. The first-order valence-corrected chi connectivity index (χ1v) is 9.17. The van der Waals surface area contributed by atoms with Crippen molar-refractivity contribution in [1.82, 2.24) is 14.5 Å². The molecule has 0 spiro atoms. The van der Waals surface area contributed by atoms with E-state index in [1.165, 1.54) is 23.5 Å². The lowest BCUT2D eigenvalue weighted by Gasteiger charge is -2.22. The number of aromatic nitrogens is 2. The molecule has 6 heteroatoms. The molecule has 4 rings (SSSR count). The van der Waals surface area contributed by atoms with Gasteiger partial charge in [-0.05, 0) is 42.0 Å². The van der Waals surface area contributed by atoms with Crippen molar-refractivity contribution in [3.05, 3.63) is 76.3 Å². The molecule has 1 aromatic carbocycles. The number of benzene rings is 1. The SMILES string of the molecule is O=C(c1cccs1)N(Cc1nccn1Cc1ccc(F)cc1)C1CC1. The first kappa shape index (κ1) is 16.0. The number of hydrogen-bond acceptors (Lipinski definition) is 3. The van der Waals surface area contributed by atoms with Crippen LogP contribution in [0.15, 0.2) is 54.2 Å². The predicted octanol–water partition coefficient (Wildman–Crippen LogP) is 3.94. The van der Waals surface area contributed by atoms with Crippen molar-refractivity contribution in [2.75, 3.05) is 0 Å². The lowest BCUT2D eigenvalue weighted by molar-refractivity contribution is 0.0728. The maximum absolute atomic E-state index is 13.1. The molecule has 25 heavy (non-hydrogen) atoms. The van der Waals surface area contributed by atoms with E-state index >= 15 is 0 Å². The van der Waals surface area contributed by atoms with Crippen LogP contribution in [-0.4, -0.2) is 26.4 Å². The second-order valence-corrected chi connectivity index (χ2v) is 7.19. The summed E-state index contributed by atoms with van der Waals surface area (Å²) in [5.74, 6) is 0.686. The highest BCUT2D eigenvalue weighted by atomic mass is 32.1. The van der Waals surface area contributed by atoms with Crippen LogP contribution in [-0.2, 0) is 13.1 Å². The minimum Gasteiger partial charge on any atom is -0.329 e. The summed E-state index contributed by atoms with van der Waals surface area (Å²) in [5.41, 5.74) is 1.00. The van der Waals surface area contributed by atoms with Gasteiger partial charge < -0.3 is 9.47 Å². The van der Waals surface area contributed by atoms with Crippen molar-refractivity contribution in [1.29, 1.82) is 0 Å². The number of carbonyl (C=O) groups excluding carboxylic acids is 1. The minimum absolute atomic E-state index is 0.0776. The van der Waals surface area contributed by atoms with E-state index in [2.05, 4.69) is 4.98 Å². The Balaban J connectivity index is 1.52. The molecule has 0 radical (unpaired) electrons. The zero-order valence-electron chi connectivity index (χ0n) is 13.6. The van der Waals surface area contributed by atoms with E-state index in [1.54, 1.807) is 18.3 Å². The van der Waals surface area contributed by atoms with Crippen molar-refractivity contribution in [3.8, 4) is 0 Å². The largest absolute Gasteiger partial charge is 0.329 e. The van der Waals surface area contributed by atoms with Gasteiger partial charge in [0.25, 0.3) is 5.91 Å². The van der Waals surface area contributed by atoms with Crippen LogP contribution >= 0.6 is 11.3 Å². The lowest BCUT2D eigenvalue weighted by Crippen LogP contribution is -2.33. The fraction of sp³-hybridized carbons (Fsp3) is 0.263. The van der Waals surface area contributed by atoms with Gasteiger partial charge in [0.15, 0.2) is 0 Å². The third-order valence-corrected chi connectivity index (χ3v) is 5.22. The van der Waals surface area contributed by atoms with Gasteiger partial charge in [0.2, 0.25) is 0 Å². The number of carbonyl (C=O) groups is 1. The second-order valence-electron chi connectivity index (χ2n) is 6.24. The number of halogens is 1. The van der Waals surface area contributed by atoms with E-state index in [0.29, 0.717) is 19.1 Å². The zero-order chi connectivity index (χ0) is 17.2. The molecule has 0 bridgehead atoms. The van der Waals surface area contributed by atoms with Crippen LogP contribution < -0.4 is 0 Å². The fourth-order valence-electron chi connectivity index (χ4n) is 2.87. The maximum atomic E-state index is 13.1. The van der Waals surface area contributed by atoms with Crippen molar-refractivity contribution < 1.29 is 9.18 Å². The number of amides is 1. The van der Waals surface area contributed by atoms with E-state index < -0.39 is 0 Å². The first-order chi connectivity index (χ1) is 12.2. The van der Waals surface area contributed by atoms with Gasteiger partial charge in [-0.25, -0.2) is 9.37 Å². The molecular weight excluding hydrogens is 337 g/mol. The average molecular weight is 355 g/mol. The second kappa shape index (κ2) is 6.80. The van der Waals surface area contributed by atoms with Crippen LogP contribution in [0, 0.1) is 5.82 Å². The Hall–Kier alpha value is -2.47. The van der Waals surface area contributed by atoms with Crippen molar-refractivity contribution >= 4 is 17.2 Å². The fourth-order valence-corrected chi connectivity index (χ4v) is 3.55. The van der Waals surface area contributed by atoms with E-state index in [-0.39, 0.29) is 11.7 Å². The van der Waals surface area contributed by atoms with Gasteiger partial charge in [-0.1, -0.05) is 18.2 Å². The van der Waals surface area contributed by atoms with E-state index in [4.69, 9.17) is 0 Å². The number of imidazole rings is 1. The highest BCUT2D eigenvalue weighted by Crippen LogP contribution is 2.30. The average Bonchev–Trinajstić information content (AvgIpc) is 3.13. The molecular formula is C19H18FN3OS. The molecule has 0 atom stereocenters. The molecule has 0 saturated heterocycles. The third-order valence-electron chi connectivity index (χ3n) is 4.36. The molecule has 1 aliphatic carbocycles. The summed E-state index contributed by atoms with van der Waals surface area (Å²) < 4.78 is 15.1. The molecule has 4 nitrogen and oxygen atoms in total. The highest BCUT2D eigenvalue weighted by molar-refractivity contribution is 7.12. The Kier molecular flexibility index (Phi) is 4.36.